The first-order chi connectivity index (χ1) is 10.6. The zero-order valence-electron chi connectivity index (χ0n) is 13.4. The molecule has 1 amide bonds. The molecule has 0 unspecified atom stereocenters. The number of nitrogens with zero attached hydrogens (tertiary/aromatic N) is 1. The van der Waals surface area contributed by atoms with Gasteiger partial charge in [-0.05, 0) is 19.1 Å². The Kier molecular flexibility index (Phi) is 6.03. The first kappa shape index (κ1) is 16.6. The molecule has 0 saturated carbocycles. The van der Waals surface area contributed by atoms with Crippen molar-refractivity contribution >= 4 is 5.91 Å². The molecule has 6 nitrogen and oxygen atoms in total. The lowest BCUT2D eigenvalue weighted by Gasteiger charge is -2.32. The Labute approximate surface area is 131 Å². The number of ether oxygens (including phenoxy) is 3. The molecule has 1 aliphatic rings. The van der Waals surface area contributed by atoms with Crippen LogP contribution in [0.15, 0.2) is 24.3 Å². The molecule has 0 radical (unpaired) electrons. The maximum atomic E-state index is 12.4. The average Bonchev–Trinajstić information content (AvgIpc) is 2.55. The predicted molar refractivity (Wildman–Crippen MR) is 83.3 cm³/mol. The van der Waals surface area contributed by atoms with Crippen molar-refractivity contribution in [2.24, 2.45) is 0 Å². The second-order valence-corrected chi connectivity index (χ2v) is 5.27. The number of amides is 1. The van der Waals surface area contributed by atoms with Crippen molar-refractivity contribution in [2.75, 3.05) is 40.5 Å². The van der Waals surface area contributed by atoms with Crippen molar-refractivity contribution in [3.05, 3.63) is 24.3 Å². The molecule has 22 heavy (non-hydrogen) atoms. The van der Waals surface area contributed by atoms with Gasteiger partial charge in [-0.3, -0.25) is 4.79 Å². The van der Waals surface area contributed by atoms with E-state index in [0.717, 1.165) is 0 Å². The van der Waals surface area contributed by atoms with Crippen molar-refractivity contribution in [2.45, 2.75) is 19.1 Å². The maximum absolute atomic E-state index is 12.4. The molecule has 0 aromatic heterocycles. The molecule has 1 aromatic carbocycles. The van der Waals surface area contributed by atoms with E-state index in [1.165, 1.54) is 0 Å². The van der Waals surface area contributed by atoms with Crippen molar-refractivity contribution in [1.29, 1.82) is 0 Å². The molecular weight excluding hydrogens is 284 g/mol. The van der Waals surface area contributed by atoms with Crippen LogP contribution in [0.25, 0.3) is 0 Å². The molecule has 6 heteroatoms. The molecular formula is C16H24N2O4. The minimum absolute atomic E-state index is 0.0239. The Morgan fingerprint density at radius 1 is 1.41 bits per heavy atom. The summed E-state index contributed by atoms with van der Waals surface area (Å²) < 4.78 is 16.4. The van der Waals surface area contributed by atoms with Crippen molar-refractivity contribution in [3.8, 4) is 11.5 Å². The van der Waals surface area contributed by atoms with Crippen LogP contribution in [0, 0.1) is 0 Å². The Hall–Kier alpha value is -1.79. The number of nitrogens with one attached hydrogen (secondary N) is 1. The third-order valence-corrected chi connectivity index (χ3v) is 3.71. The number of para-hydroxylation sites is 2. The van der Waals surface area contributed by atoms with Crippen LogP contribution >= 0.6 is 0 Å². The summed E-state index contributed by atoms with van der Waals surface area (Å²) in [6, 6.07) is 7.17. The molecule has 122 valence electrons. The highest BCUT2D eigenvalue weighted by atomic mass is 16.5. The van der Waals surface area contributed by atoms with Crippen LogP contribution < -0.4 is 14.8 Å². The van der Waals surface area contributed by atoms with Crippen LogP contribution in [0.5, 0.6) is 11.5 Å². The lowest BCUT2D eigenvalue weighted by Crippen LogP contribution is -2.56. The van der Waals surface area contributed by atoms with Gasteiger partial charge in [0.2, 0.25) is 5.91 Å². The fraction of sp³-hybridized carbons (Fsp3) is 0.562. The molecule has 0 bridgehead atoms. The molecule has 1 N–H and O–H groups in total. The smallest absolute Gasteiger partial charge is 0.242 e. The third kappa shape index (κ3) is 4.11. The van der Waals surface area contributed by atoms with Crippen molar-refractivity contribution < 1.29 is 19.0 Å². The number of benzene rings is 1. The fourth-order valence-corrected chi connectivity index (χ4v) is 2.39. The highest BCUT2D eigenvalue weighted by molar-refractivity contribution is 5.82. The topological polar surface area (TPSA) is 60.0 Å². The van der Waals surface area contributed by atoms with E-state index >= 15 is 0 Å². The molecule has 1 heterocycles. The van der Waals surface area contributed by atoms with Crippen LogP contribution in [0.3, 0.4) is 0 Å². The number of rotatable bonds is 6. The largest absolute Gasteiger partial charge is 0.493 e. The van der Waals surface area contributed by atoms with Gasteiger partial charge in [0.15, 0.2) is 11.5 Å². The number of hydrogen-bond donors (Lipinski definition) is 1. The minimum atomic E-state index is -0.287. The van der Waals surface area contributed by atoms with Crippen LogP contribution in [0.1, 0.15) is 6.92 Å². The summed E-state index contributed by atoms with van der Waals surface area (Å²) >= 11 is 0. The normalized spacial score (nSPS) is 21.2. The van der Waals surface area contributed by atoms with E-state index in [1.54, 1.807) is 19.1 Å². The summed E-state index contributed by atoms with van der Waals surface area (Å²) in [6.07, 6.45) is -0.112. The second-order valence-electron chi connectivity index (χ2n) is 5.27. The van der Waals surface area contributed by atoms with Crippen molar-refractivity contribution in [1.82, 2.24) is 10.2 Å². The quantitative estimate of drug-likeness (QED) is 0.846. The number of carbonyl (C=O) groups excluding carboxylic acids is 1. The molecule has 1 aromatic rings. The van der Waals surface area contributed by atoms with Gasteiger partial charge >= 0.3 is 0 Å². The predicted octanol–water partition coefficient (Wildman–Crippen LogP) is 0.909. The highest BCUT2D eigenvalue weighted by Crippen LogP contribution is 2.25. The molecule has 0 aliphatic carbocycles. The first-order valence-corrected chi connectivity index (χ1v) is 7.49. The van der Waals surface area contributed by atoms with Crippen LogP contribution in [-0.2, 0) is 9.53 Å². The standard InChI is InChI=1S/C16H24N2O4/c1-12-15(17-8-10-21-12)16(19)18(2)9-11-22-14-7-5-4-6-13(14)20-3/h4-7,12,15,17H,8-11H2,1-3H3/t12-,15+/m1/s1. The van der Waals surface area contributed by atoms with Crippen LogP contribution in [0.4, 0.5) is 0 Å². The monoisotopic (exact) mass is 308 g/mol. The summed E-state index contributed by atoms with van der Waals surface area (Å²) in [5.41, 5.74) is 0. The van der Waals surface area contributed by atoms with Gasteiger partial charge in [0, 0.05) is 13.6 Å². The van der Waals surface area contributed by atoms with E-state index < -0.39 is 0 Å². The summed E-state index contributed by atoms with van der Waals surface area (Å²) in [5.74, 6) is 1.39. The molecule has 2 atom stereocenters. The van der Waals surface area contributed by atoms with E-state index in [2.05, 4.69) is 5.32 Å². The van der Waals surface area contributed by atoms with Gasteiger partial charge in [-0.2, -0.15) is 0 Å². The zero-order chi connectivity index (χ0) is 15.9. The molecule has 1 fully saturated rings. The zero-order valence-corrected chi connectivity index (χ0v) is 13.4. The third-order valence-electron chi connectivity index (χ3n) is 3.71. The van der Waals surface area contributed by atoms with E-state index in [4.69, 9.17) is 14.2 Å². The Morgan fingerprint density at radius 2 is 2.14 bits per heavy atom. The Balaban J connectivity index is 1.82. The number of likely N-dealkylation sites (N-methyl/N-ethyl adjacent to an activating group) is 1. The van der Waals surface area contributed by atoms with E-state index in [-0.39, 0.29) is 18.1 Å². The maximum Gasteiger partial charge on any atom is 0.242 e. The number of morpholine rings is 1. The number of methoxy groups -OCH3 is 1. The summed E-state index contributed by atoms with van der Waals surface area (Å²) in [7, 11) is 3.38. The summed E-state index contributed by atoms with van der Waals surface area (Å²) in [4.78, 5) is 14.0. The lowest BCUT2D eigenvalue weighted by atomic mass is 10.1. The highest BCUT2D eigenvalue weighted by Gasteiger charge is 2.30. The van der Waals surface area contributed by atoms with E-state index in [0.29, 0.717) is 37.8 Å². The lowest BCUT2D eigenvalue weighted by molar-refractivity contribution is -0.138. The molecule has 1 saturated heterocycles. The van der Waals surface area contributed by atoms with E-state index in [9.17, 15) is 4.79 Å². The molecule has 0 spiro atoms. The SMILES string of the molecule is COc1ccccc1OCCN(C)C(=O)[C@H]1NCCO[C@@H]1C. The van der Waals surface area contributed by atoms with Gasteiger partial charge in [0.25, 0.3) is 0 Å². The van der Waals surface area contributed by atoms with Gasteiger partial charge in [-0.25, -0.2) is 0 Å². The Morgan fingerprint density at radius 3 is 2.82 bits per heavy atom. The minimum Gasteiger partial charge on any atom is -0.493 e. The fourth-order valence-electron chi connectivity index (χ4n) is 2.39. The molecule has 1 aliphatic heterocycles. The van der Waals surface area contributed by atoms with Gasteiger partial charge in [0.1, 0.15) is 12.6 Å². The van der Waals surface area contributed by atoms with Gasteiger partial charge < -0.3 is 24.4 Å². The number of hydrogen-bond acceptors (Lipinski definition) is 5. The van der Waals surface area contributed by atoms with Crippen LogP contribution in [0.2, 0.25) is 0 Å². The van der Waals surface area contributed by atoms with Crippen LogP contribution in [-0.4, -0.2) is 63.4 Å². The van der Waals surface area contributed by atoms with E-state index in [1.807, 2.05) is 31.2 Å². The Bertz CT molecular complexity index is 495. The van der Waals surface area contributed by atoms with Gasteiger partial charge in [-0.15, -0.1) is 0 Å². The molecule has 2 rings (SSSR count). The van der Waals surface area contributed by atoms with Gasteiger partial charge in [-0.1, -0.05) is 12.1 Å². The van der Waals surface area contributed by atoms with Crippen molar-refractivity contribution in [3.63, 3.8) is 0 Å². The summed E-state index contributed by atoms with van der Waals surface area (Å²) in [6.45, 7) is 4.16. The summed E-state index contributed by atoms with van der Waals surface area (Å²) in [5, 5.41) is 3.20. The number of carbonyl (C=O) groups is 1. The second kappa shape index (κ2) is 8.00. The average molecular weight is 308 g/mol. The first-order valence-electron chi connectivity index (χ1n) is 7.49. The van der Waals surface area contributed by atoms with Gasteiger partial charge in [0.05, 0.1) is 26.4 Å².